The third-order valence-corrected chi connectivity index (χ3v) is 3.70. The van der Waals surface area contributed by atoms with Crippen LogP contribution in [-0.4, -0.2) is 5.72 Å². The third kappa shape index (κ3) is 1.46. The summed E-state index contributed by atoms with van der Waals surface area (Å²) in [5.74, 6) is 0.890. The smallest absolute Gasteiger partial charge is 0.243 e. The molecule has 2 aromatic rings. The van der Waals surface area contributed by atoms with Crippen LogP contribution in [0.15, 0.2) is 59.1 Å². The van der Waals surface area contributed by atoms with Crippen LogP contribution in [0, 0.1) is 0 Å². The van der Waals surface area contributed by atoms with Crippen molar-refractivity contribution in [2.24, 2.45) is 4.99 Å². The zero-order chi connectivity index (χ0) is 12.9. The molecule has 0 aliphatic carbocycles. The number of rotatable bonds is 0. The summed E-state index contributed by atoms with van der Waals surface area (Å²) in [5.41, 5.74) is 1.57. The predicted octanol–water partition coefficient (Wildman–Crippen LogP) is 2.29. The second kappa shape index (κ2) is 3.58. The molecule has 2 heterocycles. The number of hydrogen-bond acceptors (Lipinski definition) is 2. The van der Waals surface area contributed by atoms with Gasteiger partial charge < -0.3 is 4.74 Å². The first-order chi connectivity index (χ1) is 9.27. The Labute approximate surface area is 111 Å². The lowest BCUT2D eigenvalue weighted by molar-refractivity contribution is 0.180. The number of fused-ring (bicyclic) bond motifs is 2. The molecule has 0 bridgehead atoms. The summed E-state index contributed by atoms with van der Waals surface area (Å²) < 4.78 is 6.18. The largest absolute Gasteiger partial charge is 0.458 e. The maximum absolute atomic E-state index is 6.18. The molecule has 0 saturated carbocycles. The molecule has 0 fully saturated rings. The molecule has 1 atom stereocenters. The molecule has 0 N–H and O–H groups in total. The Bertz CT molecular complexity index is 782. The second-order valence-corrected chi connectivity index (χ2v) is 4.98. The Kier molecular flexibility index (Phi) is 1.99. The van der Waals surface area contributed by atoms with Crippen LogP contribution in [0.25, 0.3) is 12.2 Å². The fourth-order valence-corrected chi connectivity index (χ4v) is 2.67. The predicted molar refractivity (Wildman–Crippen MR) is 75.1 cm³/mol. The highest BCUT2D eigenvalue weighted by molar-refractivity contribution is 5.68. The van der Waals surface area contributed by atoms with Gasteiger partial charge in [-0.3, -0.25) is 0 Å². The number of ether oxygens (including phenoxy) is 1. The molecular formula is C17H13NO. The molecule has 2 aliphatic rings. The van der Waals surface area contributed by atoms with Gasteiger partial charge in [0.2, 0.25) is 5.72 Å². The van der Waals surface area contributed by atoms with Crippen molar-refractivity contribution in [2.75, 3.05) is 0 Å². The van der Waals surface area contributed by atoms with E-state index < -0.39 is 5.72 Å². The standard InChI is InChI=1S/C17H13NO/c1-12-10-13-6-3-5-9-16(13)19-17(12)11-14-7-2-4-8-15(14)18-17/h2-11H,1H3. The molecule has 19 heavy (non-hydrogen) atoms. The molecular weight excluding hydrogens is 234 g/mol. The molecule has 0 radical (unpaired) electrons. The van der Waals surface area contributed by atoms with Crippen molar-refractivity contribution in [3.05, 3.63) is 70.2 Å². The average molecular weight is 247 g/mol. The van der Waals surface area contributed by atoms with Crippen molar-refractivity contribution in [1.29, 1.82) is 0 Å². The van der Waals surface area contributed by atoms with E-state index in [9.17, 15) is 0 Å². The average Bonchev–Trinajstić information content (AvgIpc) is 2.79. The maximum Gasteiger partial charge on any atom is 0.243 e. The first kappa shape index (κ1) is 10.6. The SMILES string of the molecule is CC1=Cc2ccccc2OC12C=c1ccccc1=N2. The molecule has 2 nitrogen and oxygen atoms in total. The zero-order valence-electron chi connectivity index (χ0n) is 10.6. The molecule has 0 aromatic heterocycles. The van der Waals surface area contributed by atoms with Gasteiger partial charge in [-0.2, -0.15) is 0 Å². The Morgan fingerprint density at radius 3 is 2.68 bits per heavy atom. The molecule has 1 unspecified atom stereocenters. The Balaban J connectivity index is 1.95. The van der Waals surface area contributed by atoms with E-state index in [1.165, 1.54) is 0 Å². The number of nitrogens with zero attached hydrogens (tertiary/aromatic N) is 1. The minimum absolute atomic E-state index is 0.655. The Hall–Kier alpha value is -2.35. The summed E-state index contributed by atoms with van der Waals surface area (Å²) in [6.45, 7) is 2.07. The lowest BCUT2D eigenvalue weighted by Gasteiger charge is -2.31. The monoisotopic (exact) mass is 247 g/mol. The molecule has 1 spiro atoms. The van der Waals surface area contributed by atoms with E-state index in [1.54, 1.807) is 0 Å². The number of hydrogen-bond donors (Lipinski definition) is 0. The number of benzene rings is 2. The van der Waals surface area contributed by atoms with Gasteiger partial charge in [0.1, 0.15) is 5.75 Å². The van der Waals surface area contributed by atoms with Crippen LogP contribution in [-0.2, 0) is 0 Å². The van der Waals surface area contributed by atoms with E-state index in [2.05, 4.69) is 31.2 Å². The van der Waals surface area contributed by atoms with E-state index in [0.29, 0.717) is 0 Å². The summed E-state index contributed by atoms with van der Waals surface area (Å²) in [7, 11) is 0. The highest BCUT2D eigenvalue weighted by Crippen LogP contribution is 2.37. The van der Waals surface area contributed by atoms with Gasteiger partial charge in [0.15, 0.2) is 0 Å². The molecule has 92 valence electrons. The van der Waals surface area contributed by atoms with Crippen LogP contribution in [0.3, 0.4) is 0 Å². The van der Waals surface area contributed by atoms with Gasteiger partial charge in [-0.05, 0) is 36.8 Å². The summed E-state index contributed by atoms with van der Waals surface area (Å²) in [6, 6.07) is 16.2. The molecule has 4 rings (SSSR count). The van der Waals surface area contributed by atoms with Gasteiger partial charge in [0.25, 0.3) is 0 Å². The van der Waals surface area contributed by atoms with Crippen molar-refractivity contribution >= 4 is 12.2 Å². The van der Waals surface area contributed by atoms with Gasteiger partial charge in [-0.25, -0.2) is 4.99 Å². The van der Waals surface area contributed by atoms with Crippen LogP contribution in [0.1, 0.15) is 12.5 Å². The first-order valence-electron chi connectivity index (χ1n) is 6.41. The van der Waals surface area contributed by atoms with E-state index in [4.69, 9.17) is 9.73 Å². The Morgan fingerprint density at radius 1 is 1.00 bits per heavy atom. The summed E-state index contributed by atoms with van der Waals surface area (Å²) in [4.78, 5) is 4.78. The van der Waals surface area contributed by atoms with E-state index in [0.717, 1.165) is 27.5 Å². The molecule has 0 saturated heterocycles. The van der Waals surface area contributed by atoms with Crippen molar-refractivity contribution in [3.8, 4) is 5.75 Å². The van der Waals surface area contributed by atoms with Gasteiger partial charge in [-0.15, -0.1) is 0 Å². The van der Waals surface area contributed by atoms with Crippen molar-refractivity contribution < 1.29 is 4.74 Å². The minimum atomic E-state index is -0.655. The molecule has 2 aliphatic heterocycles. The summed E-state index contributed by atoms with van der Waals surface area (Å²) in [5, 5.41) is 2.13. The summed E-state index contributed by atoms with van der Waals surface area (Å²) in [6.07, 6.45) is 4.26. The zero-order valence-corrected chi connectivity index (χ0v) is 10.6. The van der Waals surface area contributed by atoms with Gasteiger partial charge >= 0.3 is 0 Å². The second-order valence-electron chi connectivity index (χ2n) is 4.98. The summed E-state index contributed by atoms with van der Waals surface area (Å²) >= 11 is 0. The molecule has 0 amide bonds. The van der Waals surface area contributed by atoms with E-state index in [-0.39, 0.29) is 0 Å². The lowest BCUT2D eigenvalue weighted by atomic mass is 9.98. The Morgan fingerprint density at radius 2 is 1.79 bits per heavy atom. The first-order valence-corrected chi connectivity index (χ1v) is 6.41. The van der Waals surface area contributed by atoms with Gasteiger partial charge in [0, 0.05) is 10.8 Å². The van der Waals surface area contributed by atoms with Crippen LogP contribution >= 0.6 is 0 Å². The van der Waals surface area contributed by atoms with E-state index >= 15 is 0 Å². The minimum Gasteiger partial charge on any atom is -0.458 e. The topological polar surface area (TPSA) is 21.6 Å². The van der Waals surface area contributed by atoms with Crippen molar-refractivity contribution in [2.45, 2.75) is 12.6 Å². The van der Waals surface area contributed by atoms with Crippen LogP contribution < -0.4 is 15.3 Å². The number of para-hydroxylation sites is 2. The third-order valence-electron chi connectivity index (χ3n) is 3.70. The van der Waals surface area contributed by atoms with Gasteiger partial charge in [-0.1, -0.05) is 36.4 Å². The van der Waals surface area contributed by atoms with E-state index in [1.807, 2.05) is 36.4 Å². The normalized spacial score (nSPS) is 22.7. The highest BCUT2D eigenvalue weighted by atomic mass is 16.5. The van der Waals surface area contributed by atoms with Crippen LogP contribution in [0.2, 0.25) is 0 Å². The maximum atomic E-state index is 6.18. The lowest BCUT2D eigenvalue weighted by Crippen LogP contribution is -2.34. The van der Waals surface area contributed by atoms with Crippen molar-refractivity contribution in [1.82, 2.24) is 0 Å². The van der Waals surface area contributed by atoms with Crippen LogP contribution in [0.5, 0.6) is 5.75 Å². The van der Waals surface area contributed by atoms with Gasteiger partial charge in [0.05, 0.1) is 5.36 Å². The van der Waals surface area contributed by atoms with Crippen LogP contribution in [0.4, 0.5) is 0 Å². The molecule has 2 heteroatoms. The molecule has 2 aromatic carbocycles. The van der Waals surface area contributed by atoms with Crippen molar-refractivity contribution in [3.63, 3.8) is 0 Å². The quantitative estimate of drug-likeness (QED) is 0.700. The highest BCUT2D eigenvalue weighted by Gasteiger charge is 2.36. The fraction of sp³-hybridized carbons (Fsp3) is 0.118. The fourth-order valence-electron chi connectivity index (χ4n) is 2.67.